The molecule has 0 saturated carbocycles. The second kappa shape index (κ2) is 5.95. The Hall–Kier alpha value is -2.21. The van der Waals surface area contributed by atoms with Crippen molar-refractivity contribution in [1.29, 1.82) is 0 Å². The van der Waals surface area contributed by atoms with Crippen LogP contribution in [0.3, 0.4) is 0 Å². The van der Waals surface area contributed by atoms with Crippen molar-refractivity contribution in [3.05, 3.63) is 70.8 Å². The van der Waals surface area contributed by atoms with Crippen molar-refractivity contribution in [1.82, 2.24) is 5.01 Å². The molecule has 1 heterocycles. The number of benzene rings is 2. The molecule has 0 radical (unpaired) electrons. The van der Waals surface area contributed by atoms with E-state index in [2.05, 4.69) is 11.2 Å². The van der Waals surface area contributed by atoms with Gasteiger partial charge in [-0.05, 0) is 48.6 Å². The Labute approximate surface area is 148 Å². The Kier molecular flexibility index (Phi) is 3.87. The van der Waals surface area contributed by atoms with E-state index in [0.29, 0.717) is 5.04 Å². The molecule has 1 atom stereocenters. The number of thioether (sulfide) groups is 1. The summed E-state index contributed by atoms with van der Waals surface area (Å²) >= 11 is 1.34. The van der Waals surface area contributed by atoms with Gasteiger partial charge in [-0.1, -0.05) is 36.0 Å². The second-order valence-electron chi connectivity index (χ2n) is 6.26. The van der Waals surface area contributed by atoms with Crippen molar-refractivity contribution >= 4 is 22.7 Å². The minimum atomic E-state index is -0.686. The summed E-state index contributed by atoms with van der Waals surface area (Å²) in [5.41, 5.74) is 2.29. The van der Waals surface area contributed by atoms with Crippen LogP contribution in [-0.4, -0.2) is 16.0 Å². The van der Waals surface area contributed by atoms with E-state index in [1.165, 1.54) is 29.3 Å². The van der Waals surface area contributed by atoms with Crippen LogP contribution in [0, 0.1) is 11.6 Å². The zero-order chi connectivity index (χ0) is 17.6. The summed E-state index contributed by atoms with van der Waals surface area (Å²) in [6.07, 6.45) is 2.56. The summed E-state index contributed by atoms with van der Waals surface area (Å²) in [5, 5.41) is 6.17. The van der Waals surface area contributed by atoms with Crippen LogP contribution in [0.15, 0.2) is 47.6 Å². The molecule has 1 amide bonds. The van der Waals surface area contributed by atoms with Gasteiger partial charge in [0.1, 0.15) is 21.5 Å². The smallest absolute Gasteiger partial charge is 0.241 e. The lowest BCUT2D eigenvalue weighted by Gasteiger charge is -2.39. The molecule has 0 fully saturated rings. The minimum Gasteiger partial charge on any atom is -0.273 e. The summed E-state index contributed by atoms with van der Waals surface area (Å²) < 4.78 is 27.9. The van der Waals surface area contributed by atoms with Gasteiger partial charge in [0.25, 0.3) is 0 Å². The molecule has 2 aromatic rings. The zero-order valence-corrected chi connectivity index (χ0v) is 14.4. The molecule has 0 bridgehead atoms. The average Bonchev–Trinajstić information content (AvgIpc) is 2.98. The Morgan fingerprint density at radius 3 is 2.84 bits per heavy atom. The summed E-state index contributed by atoms with van der Waals surface area (Å²) in [4.78, 5) is 11.6. The number of carbonyl (C=O) groups is 1. The summed E-state index contributed by atoms with van der Waals surface area (Å²) in [6, 6.07) is 11.3. The molecule has 128 valence electrons. The molecule has 0 N–H and O–H groups in total. The predicted molar refractivity (Wildman–Crippen MR) is 94.1 cm³/mol. The molecule has 0 aromatic heterocycles. The Morgan fingerprint density at radius 1 is 1.24 bits per heavy atom. The monoisotopic (exact) mass is 358 g/mol. The fraction of sp³-hybridized carbons (Fsp3) is 0.263. The van der Waals surface area contributed by atoms with E-state index in [0.717, 1.165) is 43.0 Å². The van der Waals surface area contributed by atoms with Crippen molar-refractivity contribution in [3.63, 3.8) is 0 Å². The number of halogens is 2. The minimum absolute atomic E-state index is 0.0937. The molecule has 1 unspecified atom stereocenters. The van der Waals surface area contributed by atoms with Crippen molar-refractivity contribution in [2.24, 2.45) is 5.10 Å². The topological polar surface area (TPSA) is 32.7 Å². The van der Waals surface area contributed by atoms with Crippen LogP contribution in [0.2, 0.25) is 0 Å². The highest BCUT2D eigenvalue weighted by Gasteiger charge is 2.50. The van der Waals surface area contributed by atoms with Gasteiger partial charge in [-0.25, -0.2) is 13.8 Å². The maximum absolute atomic E-state index is 14.2. The SMILES string of the molecule is CC(=O)N1N=C(c2cc(F)ccc2F)SC12CCCc1ccccc12. The molecule has 0 saturated heterocycles. The number of rotatable bonds is 1. The molecule has 6 heteroatoms. The van der Waals surface area contributed by atoms with E-state index in [1.807, 2.05) is 18.2 Å². The largest absolute Gasteiger partial charge is 0.273 e. The lowest BCUT2D eigenvalue weighted by molar-refractivity contribution is -0.132. The summed E-state index contributed by atoms with van der Waals surface area (Å²) in [7, 11) is 0. The lowest BCUT2D eigenvalue weighted by Crippen LogP contribution is -2.42. The average molecular weight is 358 g/mol. The van der Waals surface area contributed by atoms with Crippen LogP contribution in [0.5, 0.6) is 0 Å². The first-order valence-corrected chi connectivity index (χ1v) is 8.95. The first-order valence-electron chi connectivity index (χ1n) is 8.13. The van der Waals surface area contributed by atoms with Crippen molar-refractivity contribution < 1.29 is 13.6 Å². The van der Waals surface area contributed by atoms with Gasteiger partial charge in [-0.2, -0.15) is 5.10 Å². The molecule has 3 nitrogen and oxygen atoms in total. The maximum atomic E-state index is 14.2. The first kappa shape index (κ1) is 16.3. The normalized spacial score (nSPS) is 22.0. The number of carbonyl (C=O) groups excluding carboxylic acids is 1. The lowest BCUT2D eigenvalue weighted by atomic mass is 9.86. The van der Waals surface area contributed by atoms with Crippen molar-refractivity contribution in [2.75, 3.05) is 0 Å². The third-order valence-corrected chi connectivity index (χ3v) is 6.09. The predicted octanol–water partition coefficient (Wildman–Crippen LogP) is 4.41. The van der Waals surface area contributed by atoms with Gasteiger partial charge in [-0.15, -0.1) is 0 Å². The highest BCUT2D eigenvalue weighted by molar-refractivity contribution is 8.15. The number of hydrazone groups is 1. The first-order chi connectivity index (χ1) is 12.0. The van der Waals surface area contributed by atoms with Crippen molar-refractivity contribution in [3.8, 4) is 0 Å². The van der Waals surface area contributed by atoms with Gasteiger partial charge in [-0.3, -0.25) is 4.79 Å². The van der Waals surface area contributed by atoms with Gasteiger partial charge < -0.3 is 0 Å². The second-order valence-corrected chi connectivity index (χ2v) is 7.52. The van der Waals surface area contributed by atoms with E-state index in [9.17, 15) is 13.6 Å². The van der Waals surface area contributed by atoms with Crippen molar-refractivity contribution in [2.45, 2.75) is 31.1 Å². The van der Waals surface area contributed by atoms with E-state index in [-0.39, 0.29) is 11.5 Å². The molecule has 2 aromatic carbocycles. The van der Waals surface area contributed by atoms with Crippen LogP contribution in [-0.2, 0) is 16.1 Å². The molecule has 1 aliphatic carbocycles. The summed E-state index contributed by atoms with van der Waals surface area (Å²) in [5.74, 6) is -1.28. The number of amides is 1. The molecule has 1 aliphatic heterocycles. The molecular weight excluding hydrogens is 342 g/mol. The van der Waals surface area contributed by atoms with Gasteiger partial charge in [0.15, 0.2) is 0 Å². The Bertz CT molecular complexity index is 899. The van der Waals surface area contributed by atoms with Gasteiger partial charge in [0.05, 0.1) is 0 Å². The molecule has 1 spiro atoms. The van der Waals surface area contributed by atoms with E-state index >= 15 is 0 Å². The van der Waals surface area contributed by atoms with Gasteiger partial charge >= 0.3 is 0 Å². The van der Waals surface area contributed by atoms with Crippen LogP contribution in [0.1, 0.15) is 36.5 Å². The van der Waals surface area contributed by atoms with Crippen LogP contribution >= 0.6 is 11.8 Å². The number of hydrogen-bond acceptors (Lipinski definition) is 3. The third-order valence-electron chi connectivity index (χ3n) is 4.66. The maximum Gasteiger partial charge on any atom is 0.241 e. The number of aryl methyl sites for hydroxylation is 1. The number of fused-ring (bicyclic) bond motifs is 2. The highest BCUT2D eigenvalue weighted by Crippen LogP contribution is 2.53. The number of nitrogens with zero attached hydrogens (tertiary/aromatic N) is 2. The standard InChI is InChI=1S/C19H16F2N2OS/c1-12(24)23-19(10-4-6-13-5-2-3-7-16(13)19)25-18(22-23)15-11-14(20)8-9-17(15)21/h2-3,5,7-9,11H,4,6,10H2,1H3. The quantitative estimate of drug-likeness (QED) is 0.756. The fourth-order valence-corrected chi connectivity index (χ4v) is 5.11. The molecular formula is C19H16F2N2OS. The van der Waals surface area contributed by atoms with Gasteiger partial charge in [0.2, 0.25) is 5.91 Å². The third kappa shape index (κ3) is 2.56. The van der Waals surface area contributed by atoms with Crippen LogP contribution in [0.25, 0.3) is 0 Å². The van der Waals surface area contributed by atoms with E-state index in [1.54, 1.807) is 0 Å². The van der Waals surface area contributed by atoms with E-state index in [4.69, 9.17) is 0 Å². The Morgan fingerprint density at radius 2 is 2.04 bits per heavy atom. The van der Waals surface area contributed by atoms with Gasteiger partial charge in [0, 0.05) is 12.5 Å². The van der Waals surface area contributed by atoms with Crippen LogP contribution < -0.4 is 0 Å². The zero-order valence-electron chi connectivity index (χ0n) is 13.6. The van der Waals surface area contributed by atoms with Crippen LogP contribution in [0.4, 0.5) is 8.78 Å². The molecule has 2 aliphatic rings. The van der Waals surface area contributed by atoms with E-state index < -0.39 is 16.5 Å². The molecule has 4 rings (SSSR count). The Balaban J connectivity index is 1.85. The fourth-order valence-electron chi connectivity index (χ4n) is 3.59. The highest BCUT2D eigenvalue weighted by atomic mass is 32.2. The summed E-state index contributed by atoms with van der Waals surface area (Å²) in [6.45, 7) is 1.45. The molecule has 25 heavy (non-hydrogen) atoms. The number of hydrogen-bond donors (Lipinski definition) is 0.